The minimum absolute atomic E-state index is 0. The Morgan fingerprint density at radius 1 is 0.786 bits per heavy atom. The van der Waals surface area contributed by atoms with Gasteiger partial charge in [0.15, 0.2) is 0 Å². The second-order valence-electron chi connectivity index (χ2n) is 12.5. The second kappa shape index (κ2) is 7.92. The molecule has 0 spiro atoms. The lowest BCUT2D eigenvalue weighted by Gasteiger charge is -2.60. The topological polar surface area (TPSA) is 0 Å². The summed E-state index contributed by atoms with van der Waals surface area (Å²) in [5, 5.41) is 0. The Labute approximate surface area is 177 Å². The number of hydrogen-bond acceptors (Lipinski definition) is 0. The molecule has 8 unspecified atom stereocenters. The Bertz CT molecular complexity index is 532. The highest BCUT2D eigenvalue weighted by molar-refractivity contribution is 5.08. The fraction of sp³-hybridized carbons (Fsp3) is 1.00. The van der Waals surface area contributed by atoms with Crippen molar-refractivity contribution in [2.24, 2.45) is 52.3 Å². The smallest absolute Gasteiger partial charge is 0.0266 e. The molecule has 0 aromatic carbocycles. The van der Waals surface area contributed by atoms with Gasteiger partial charge in [-0.3, -0.25) is 0 Å². The maximum absolute atomic E-state index is 2.76. The quantitative estimate of drug-likeness (QED) is 0.442. The fourth-order valence-corrected chi connectivity index (χ4v) is 9.47. The lowest BCUT2D eigenvalue weighted by Crippen LogP contribution is -2.52. The predicted molar refractivity (Wildman–Crippen MR) is 122 cm³/mol. The molecule has 0 amide bonds. The minimum Gasteiger partial charge on any atom is -0.0776 e. The molecule has 0 saturated heterocycles. The zero-order chi connectivity index (χ0) is 18.6. The van der Waals surface area contributed by atoms with Crippen molar-refractivity contribution in [2.75, 3.05) is 0 Å². The molecule has 0 nitrogen and oxygen atoms in total. The fourth-order valence-electron chi connectivity index (χ4n) is 9.47. The summed E-state index contributed by atoms with van der Waals surface area (Å²) in [6.45, 7) is 8.03. The van der Waals surface area contributed by atoms with Crippen molar-refractivity contribution in [3.63, 3.8) is 0 Å². The normalized spacial score (nSPS) is 48.8. The average Bonchev–Trinajstić information content (AvgIpc) is 3.45. The molecule has 0 N–H and O–H groups in total. The standard InChI is InChI=1S/C27H46.CH4/c1-19(20-10-11-20)7-6-9-22-13-15-24-23-14-12-21-8-4-5-17-26(21,2)25(23)16-18-27(22,24)3;/h19-25H,4-18H2,1-3H3;1H4. The molecule has 8 atom stereocenters. The van der Waals surface area contributed by atoms with E-state index in [1.54, 1.807) is 57.8 Å². The third kappa shape index (κ3) is 3.41. The van der Waals surface area contributed by atoms with Crippen molar-refractivity contribution in [1.82, 2.24) is 0 Å². The zero-order valence-corrected chi connectivity index (χ0v) is 18.6. The van der Waals surface area contributed by atoms with Gasteiger partial charge in [-0.25, -0.2) is 0 Å². The van der Waals surface area contributed by atoms with Crippen LogP contribution in [0.1, 0.15) is 125 Å². The molecule has 162 valence electrons. The molecule has 0 aromatic rings. The van der Waals surface area contributed by atoms with Crippen molar-refractivity contribution in [3.05, 3.63) is 0 Å². The van der Waals surface area contributed by atoms with Gasteiger partial charge in [-0.2, -0.15) is 0 Å². The monoisotopic (exact) mass is 386 g/mol. The van der Waals surface area contributed by atoms with E-state index in [2.05, 4.69) is 20.8 Å². The van der Waals surface area contributed by atoms with Gasteiger partial charge in [0.05, 0.1) is 0 Å². The Balaban J connectivity index is 0.00000192. The van der Waals surface area contributed by atoms with Crippen LogP contribution in [0.5, 0.6) is 0 Å². The Morgan fingerprint density at radius 3 is 2.36 bits per heavy atom. The maximum atomic E-state index is 2.76. The van der Waals surface area contributed by atoms with E-state index in [1.807, 2.05) is 0 Å². The molecule has 0 heteroatoms. The molecule has 0 radical (unpaired) electrons. The third-order valence-corrected chi connectivity index (χ3v) is 11.4. The average molecular weight is 387 g/mol. The van der Waals surface area contributed by atoms with Crippen molar-refractivity contribution >= 4 is 0 Å². The summed E-state index contributed by atoms with van der Waals surface area (Å²) in [7, 11) is 0. The van der Waals surface area contributed by atoms with Crippen molar-refractivity contribution in [2.45, 2.75) is 125 Å². The highest BCUT2D eigenvalue weighted by Gasteiger charge is 2.59. The number of fused-ring (bicyclic) bond motifs is 5. The largest absolute Gasteiger partial charge is 0.0776 e. The molecule has 5 fully saturated rings. The van der Waals surface area contributed by atoms with Crippen LogP contribution in [-0.2, 0) is 0 Å². The molecule has 0 aliphatic heterocycles. The van der Waals surface area contributed by atoms with Gasteiger partial charge >= 0.3 is 0 Å². The van der Waals surface area contributed by atoms with E-state index in [0.29, 0.717) is 5.41 Å². The maximum Gasteiger partial charge on any atom is -0.0266 e. The van der Waals surface area contributed by atoms with Gasteiger partial charge in [0.25, 0.3) is 0 Å². The van der Waals surface area contributed by atoms with E-state index < -0.39 is 0 Å². The van der Waals surface area contributed by atoms with Crippen LogP contribution in [0.4, 0.5) is 0 Å². The number of hydrogen-bond donors (Lipinski definition) is 0. The molecule has 0 aromatic heterocycles. The van der Waals surface area contributed by atoms with Crippen LogP contribution in [0.15, 0.2) is 0 Å². The summed E-state index contributed by atoms with van der Waals surface area (Å²) in [5.41, 5.74) is 1.43. The van der Waals surface area contributed by atoms with Crippen LogP contribution in [0.2, 0.25) is 0 Å². The summed E-state index contributed by atoms with van der Waals surface area (Å²) >= 11 is 0. The van der Waals surface area contributed by atoms with E-state index in [4.69, 9.17) is 0 Å². The molecule has 0 heterocycles. The van der Waals surface area contributed by atoms with E-state index >= 15 is 0 Å². The summed E-state index contributed by atoms with van der Waals surface area (Å²) < 4.78 is 0. The van der Waals surface area contributed by atoms with Gasteiger partial charge < -0.3 is 0 Å². The molecular weight excluding hydrogens is 336 g/mol. The Kier molecular flexibility index (Phi) is 6.01. The molecule has 28 heavy (non-hydrogen) atoms. The van der Waals surface area contributed by atoms with Gasteiger partial charge in [0.1, 0.15) is 0 Å². The van der Waals surface area contributed by atoms with Crippen molar-refractivity contribution in [1.29, 1.82) is 0 Å². The van der Waals surface area contributed by atoms with Crippen molar-refractivity contribution < 1.29 is 0 Å². The second-order valence-corrected chi connectivity index (χ2v) is 12.5. The lowest BCUT2D eigenvalue weighted by molar-refractivity contribution is -0.111. The van der Waals surface area contributed by atoms with Gasteiger partial charge in [-0.1, -0.05) is 53.9 Å². The van der Waals surface area contributed by atoms with Gasteiger partial charge in [0.2, 0.25) is 0 Å². The zero-order valence-electron chi connectivity index (χ0n) is 18.6. The molecular formula is C28H50. The number of rotatable bonds is 5. The summed E-state index contributed by atoms with van der Waals surface area (Å²) in [4.78, 5) is 0. The van der Waals surface area contributed by atoms with E-state index in [0.717, 1.165) is 46.8 Å². The van der Waals surface area contributed by atoms with Crippen LogP contribution >= 0.6 is 0 Å². The first-order chi connectivity index (χ1) is 13.0. The van der Waals surface area contributed by atoms with Crippen LogP contribution in [0.3, 0.4) is 0 Å². The molecule has 0 bridgehead atoms. The lowest BCUT2D eigenvalue weighted by atomic mass is 9.45. The van der Waals surface area contributed by atoms with Gasteiger partial charge in [-0.05, 0) is 123 Å². The molecule has 5 aliphatic rings. The first kappa shape index (κ1) is 21.2. The van der Waals surface area contributed by atoms with Crippen LogP contribution in [-0.4, -0.2) is 0 Å². The Hall–Kier alpha value is 0. The molecule has 5 rings (SSSR count). The van der Waals surface area contributed by atoms with Crippen LogP contribution in [0.25, 0.3) is 0 Å². The highest BCUT2D eigenvalue weighted by Crippen LogP contribution is 2.67. The predicted octanol–water partition coefficient (Wildman–Crippen LogP) is 8.89. The van der Waals surface area contributed by atoms with E-state index in [-0.39, 0.29) is 7.43 Å². The van der Waals surface area contributed by atoms with E-state index in [1.165, 1.54) is 38.5 Å². The van der Waals surface area contributed by atoms with Crippen molar-refractivity contribution in [3.8, 4) is 0 Å². The summed E-state index contributed by atoms with van der Waals surface area (Å²) in [5.74, 6) is 7.54. The first-order valence-corrected chi connectivity index (χ1v) is 13.0. The minimum atomic E-state index is 0. The van der Waals surface area contributed by atoms with Gasteiger partial charge in [0, 0.05) is 0 Å². The SMILES string of the molecule is C.CC(CCCC1CCC2C3CCC4CCCCC4(C)C3CCC12C)C1CC1. The third-order valence-electron chi connectivity index (χ3n) is 11.4. The summed E-state index contributed by atoms with van der Waals surface area (Å²) in [6.07, 6.45) is 23.3. The van der Waals surface area contributed by atoms with Crippen LogP contribution in [0, 0.1) is 52.3 Å². The van der Waals surface area contributed by atoms with E-state index in [9.17, 15) is 0 Å². The first-order valence-electron chi connectivity index (χ1n) is 13.0. The highest BCUT2D eigenvalue weighted by atomic mass is 14.6. The van der Waals surface area contributed by atoms with Gasteiger partial charge in [-0.15, -0.1) is 0 Å². The molecule has 5 saturated carbocycles. The molecule has 5 aliphatic carbocycles. The Morgan fingerprint density at radius 2 is 1.57 bits per heavy atom. The van der Waals surface area contributed by atoms with Crippen LogP contribution < -0.4 is 0 Å². The summed E-state index contributed by atoms with van der Waals surface area (Å²) in [6, 6.07) is 0.